The first-order valence-corrected chi connectivity index (χ1v) is 7.41. The second-order valence-electron chi connectivity index (χ2n) is 4.80. The summed E-state index contributed by atoms with van der Waals surface area (Å²) >= 11 is 6.10. The van der Waals surface area contributed by atoms with Gasteiger partial charge in [-0.3, -0.25) is 4.79 Å². The fourth-order valence-electron chi connectivity index (χ4n) is 2.89. The van der Waals surface area contributed by atoms with Crippen LogP contribution >= 0.6 is 11.6 Å². The Labute approximate surface area is 120 Å². The average molecular weight is 285 g/mol. The van der Waals surface area contributed by atoms with E-state index in [1.165, 1.54) is 6.07 Å². The summed E-state index contributed by atoms with van der Waals surface area (Å²) in [6.07, 6.45) is 4.46. The minimum absolute atomic E-state index is 0.0317. The molecule has 1 nitrogen and oxygen atoms in total. The van der Waals surface area contributed by atoms with Crippen LogP contribution in [0.2, 0.25) is 5.02 Å². The predicted octanol–water partition coefficient (Wildman–Crippen LogP) is 5.30. The molecule has 0 saturated heterocycles. The molecule has 1 fully saturated rings. The zero-order valence-electron chi connectivity index (χ0n) is 11.9. The fourth-order valence-corrected chi connectivity index (χ4v) is 3.23. The lowest BCUT2D eigenvalue weighted by atomic mass is 9.67. The third-order valence-corrected chi connectivity index (χ3v) is 4.14. The van der Waals surface area contributed by atoms with Crippen LogP contribution in [0.1, 0.15) is 58.4 Å². The van der Waals surface area contributed by atoms with Gasteiger partial charge in [-0.15, -0.1) is 0 Å². The first-order chi connectivity index (χ1) is 9.08. The van der Waals surface area contributed by atoms with Crippen LogP contribution in [-0.4, -0.2) is 5.78 Å². The van der Waals surface area contributed by atoms with Crippen molar-refractivity contribution in [2.75, 3.05) is 0 Å². The zero-order valence-corrected chi connectivity index (χ0v) is 12.7. The van der Waals surface area contributed by atoms with Crippen molar-refractivity contribution >= 4 is 17.4 Å². The van der Waals surface area contributed by atoms with E-state index in [4.69, 9.17) is 11.6 Å². The van der Waals surface area contributed by atoms with Gasteiger partial charge in [0, 0.05) is 10.6 Å². The average Bonchev–Trinajstić information content (AvgIpc) is 2.41. The number of carbonyl (C=O) groups excluding carboxylic acids is 1. The molecule has 1 aliphatic carbocycles. The van der Waals surface area contributed by atoms with Crippen molar-refractivity contribution in [2.24, 2.45) is 0 Å². The maximum absolute atomic E-state index is 14.0. The van der Waals surface area contributed by atoms with Gasteiger partial charge in [0.2, 0.25) is 0 Å². The van der Waals surface area contributed by atoms with Gasteiger partial charge in [0.1, 0.15) is 11.6 Å². The lowest BCUT2D eigenvalue weighted by Crippen LogP contribution is -2.37. The largest absolute Gasteiger partial charge is 0.299 e. The van der Waals surface area contributed by atoms with Crippen LogP contribution in [0.15, 0.2) is 18.2 Å². The summed E-state index contributed by atoms with van der Waals surface area (Å²) in [4.78, 5) is 12.0. The Morgan fingerprint density at radius 2 is 1.79 bits per heavy atom. The molecule has 0 N–H and O–H groups in total. The molecule has 0 spiro atoms. The molecule has 0 heterocycles. The van der Waals surface area contributed by atoms with Gasteiger partial charge in [0.15, 0.2) is 0 Å². The lowest BCUT2D eigenvalue weighted by Gasteiger charge is -2.36. The van der Waals surface area contributed by atoms with Gasteiger partial charge in [-0.1, -0.05) is 50.8 Å². The van der Waals surface area contributed by atoms with Gasteiger partial charge in [-0.25, -0.2) is 4.39 Å². The van der Waals surface area contributed by atoms with Gasteiger partial charge < -0.3 is 0 Å². The smallest absolute Gasteiger partial charge is 0.140 e. The highest BCUT2D eigenvalue weighted by atomic mass is 35.5. The molecule has 2 rings (SSSR count). The minimum Gasteiger partial charge on any atom is -0.299 e. The van der Waals surface area contributed by atoms with Crippen molar-refractivity contribution in [3.63, 3.8) is 0 Å². The third kappa shape index (κ3) is 3.17. The van der Waals surface area contributed by atoms with Crippen LogP contribution in [0.25, 0.3) is 0 Å². The van der Waals surface area contributed by atoms with E-state index in [-0.39, 0.29) is 11.6 Å². The summed E-state index contributed by atoms with van der Waals surface area (Å²) in [7, 11) is 0. The molecule has 0 unspecified atom stereocenters. The van der Waals surface area contributed by atoms with Gasteiger partial charge in [-0.05, 0) is 31.9 Å². The van der Waals surface area contributed by atoms with E-state index in [2.05, 4.69) is 0 Å². The van der Waals surface area contributed by atoms with Crippen molar-refractivity contribution in [3.8, 4) is 0 Å². The summed E-state index contributed by atoms with van der Waals surface area (Å²) < 4.78 is 14.0. The summed E-state index contributed by atoms with van der Waals surface area (Å²) in [6, 6.07) is 4.64. The van der Waals surface area contributed by atoms with Crippen molar-refractivity contribution < 1.29 is 9.18 Å². The van der Waals surface area contributed by atoms with Gasteiger partial charge in [-0.2, -0.15) is 0 Å². The monoisotopic (exact) mass is 284 g/mol. The van der Waals surface area contributed by atoms with Crippen LogP contribution in [0.4, 0.5) is 4.39 Å². The zero-order chi connectivity index (χ0) is 14.5. The standard InChI is InChI=1S/C14H16ClFO.C2H6/c1-10(17)14(8-3-2-4-9-14)13-11(15)6-5-7-12(13)16;1-2/h5-7H,2-4,8-9H2,1H3;1-2H3. The number of carbonyl (C=O) groups is 1. The summed E-state index contributed by atoms with van der Waals surface area (Å²) in [5, 5.41) is 0.377. The number of hydrogen-bond acceptors (Lipinski definition) is 1. The predicted molar refractivity (Wildman–Crippen MR) is 78.2 cm³/mol. The third-order valence-electron chi connectivity index (χ3n) is 3.82. The topological polar surface area (TPSA) is 17.1 Å². The molecule has 1 aromatic rings. The van der Waals surface area contributed by atoms with Gasteiger partial charge in [0.25, 0.3) is 0 Å². The number of halogens is 2. The molecule has 1 aliphatic rings. The maximum atomic E-state index is 14.0. The minimum atomic E-state index is -0.694. The van der Waals surface area contributed by atoms with Gasteiger partial charge >= 0.3 is 0 Å². The molecule has 3 heteroatoms. The molecule has 0 amide bonds. The van der Waals surface area contributed by atoms with E-state index in [1.807, 2.05) is 13.8 Å². The van der Waals surface area contributed by atoms with E-state index < -0.39 is 5.41 Å². The number of ketones is 1. The molecule has 0 aromatic heterocycles. The summed E-state index contributed by atoms with van der Waals surface area (Å²) in [5.41, 5.74) is -0.283. The first kappa shape index (κ1) is 16.2. The van der Waals surface area contributed by atoms with E-state index >= 15 is 0 Å². The molecule has 0 aliphatic heterocycles. The Balaban J connectivity index is 0.000000861. The molecule has 1 saturated carbocycles. The Kier molecular flexibility index (Phi) is 5.99. The molecule has 0 atom stereocenters. The SMILES string of the molecule is CC.CC(=O)C1(c2c(F)cccc2Cl)CCCCC1. The Hall–Kier alpha value is -0.890. The molecule has 19 heavy (non-hydrogen) atoms. The van der Waals surface area contributed by atoms with Crippen LogP contribution < -0.4 is 0 Å². The van der Waals surface area contributed by atoms with Crippen LogP contribution in [0, 0.1) is 5.82 Å². The van der Waals surface area contributed by atoms with Crippen LogP contribution in [0.5, 0.6) is 0 Å². The van der Waals surface area contributed by atoms with Gasteiger partial charge in [0.05, 0.1) is 5.41 Å². The van der Waals surface area contributed by atoms with Crippen molar-refractivity contribution in [1.82, 2.24) is 0 Å². The highest BCUT2D eigenvalue weighted by Gasteiger charge is 2.41. The maximum Gasteiger partial charge on any atom is 0.140 e. The Bertz CT molecular complexity index is 416. The Morgan fingerprint density at radius 3 is 2.26 bits per heavy atom. The van der Waals surface area contributed by atoms with Crippen molar-refractivity contribution in [2.45, 2.75) is 58.3 Å². The van der Waals surface area contributed by atoms with Crippen LogP contribution in [0.3, 0.4) is 0 Å². The number of benzene rings is 1. The molecule has 106 valence electrons. The summed E-state index contributed by atoms with van der Waals surface area (Å²) in [5.74, 6) is -0.321. The molecule has 0 bridgehead atoms. The second-order valence-corrected chi connectivity index (χ2v) is 5.20. The molecular weight excluding hydrogens is 263 g/mol. The summed E-state index contributed by atoms with van der Waals surface area (Å²) in [6.45, 7) is 5.55. The normalized spacial score (nSPS) is 17.3. The highest BCUT2D eigenvalue weighted by molar-refractivity contribution is 6.31. The lowest BCUT2D eigenvalue weighted by molar-refractivity contribution is -0.123. The van der Waals surface area contributed by atoms with E-state index in [0.717, 1.165) is 19.3 Å². The number of Topliss-reactive ketones (excluding diaryl/α,β-unsaturated/α-hetero) is 1. The fraction of sp³-hybridized carbons (Fsp3) is 0.562. The first-order valence-electron chi connectivity index (χ1n) is 7.03. The highest BCUT2D eigenvalue weighted by Crippen LogP contribution is 2.44. The quantitative estimate of drug-likeness (QED) is 0.720. The Morgan fingerprint density at radius 1 is 1.21 bits per heavy atom. The van der Waals surface area contributed by atoms with Crippen molar-refractivity contribution in [3.05, 3.63) is 34.6 Å². The van der Waals surface area contributed by atoms with Crippen LogP contribution in [-0.2, 0) is 10.2 Å². The second kappa shape index (κ2) is 7.04. The molecule has 0 radical (unpaired) electrons. The molecular formula is C16H22ClFO. The van der Waals surface area contributed by atoms with E-state index in [1.54, 1.807) is 19.1 Å². The van der Waals surface area contributed by atoms with E-state index in [0.29, 0.717) is 23.4 Å². The van der Waals surface area contributed by atoms with E-state index in [9.17, 15) is 9.18 Å². The number of hydrogen-bond donors (Lipinski definition) is 0. The molecule has 1 aromatic carbocycles. The number of rotatable bonds is 2. The van der Waals surface area contributed by atoms with Crippen molar-refractivity contribution in [1.29, 1.82) is 0 Å².